The van der Waals surface area contributed by atoms with Gasteiger partial charge in [0.25, 0.3) is 0 Å². The minimum Gasteiger partial charge on any atom is -0.382 e. The number of rotatable bonds is 9. The molecule has 1 aromatic carbocycles. The molecule has 1 atom stereocenters. The summed E-state index contributed by atoms with van der Waals surface area (Å²) >= 11 is 0. The van der Waals surface area contributed by atoms with Crippen molar-refractivity contribution in [2.75, 3.05) is 19.8 Å². The fourth-order valence-electron chi connectivity index (χ4n) is 1.89. The first-order chi connectivity index (χ1) is 8.36. The van der Waals surface area contributed by atoms with Gasteiger partial charge in [-0.05, 0) is 38.3 Å². The van der Waals surface area contributed by atoms with Crippen molar-refractivity contribution in [1.29, 1.82) is 0 Å². The molecule has 0 aromatic heterocycles. The Hall–Kier alpha value is -0.860. The number of benzene rings is 1. The largest absolute Gasteiger partial charge is 0.382 e. The van der Waals surface area contributed by atoms with E-state index >= 15 is 0 Å². The van der Waals surface area contributed by atoms with Crippen LogP contribution < -0.4 is 5.32 Å². The Labute approximate surface area is 105 Å². The van der Waals surface area contributed by atoms with Gasteiger partial charge in [-0.1, -0.05) is 37.3 Å². The first-order valence-corrected chi connectivity index (χ1v) is 6.71. The second-order valence-corrected chi connectivity index (χ2v) is 4.33. The van der Waals surface area contributed by atoms with E-state index in [1.807, 2.05) is 6.92 Å². The molecule has 1 unspecified atom stereocenters. The highest BCUT2D eigenvalue weighted by molar-refractivity contribution is 5.15. The Morgan fingerprint density at radius 1 is 1.18 bits per heavy atom. The monoisotopic (exact) mass is 235 g/mol. The predicted molar refractivity (Wildman–Crippen MR) is 73.3 cm³/mol. The minimum absolute atomic E-state index is 0.531. The molecular formula is C15H25NO. The van der Waals surface area contributed by atoms with Gasteiger partial charge in [-0.15, -0.1) is 0 Å². The van der Waals surface area contributed by atoms with Crippen molar-refractivity contribution in [2.45, 2.75) is 39.2 Å². The molecule has 0 spiro atoms. The van der Waals surface area contributed by atoms with Crippen LogP contribution in [-0.2, 0) is 11.2 Å². The van der Waals surface area contributed by atoms with E-state index in [1.165, 1.54) is 12.0 Å². The molecule has 0 fully saturated rings. The van der Waals surface area contributed by atoms with E-state index in [1.54, 1.807) is 0 Å². The quantitative estimate of drug-likeness (QED) is 0.664. The average molecular weight is 235 g/mol. The summed E-state index contributed by atoms with van der Waals surface area (Å²) in [5, 5.41) is 3.60. The third kappa shape index (κ3) is 6.44. The standard InChI is InChI=1S/C15H25NO/c1-3-11-16-15(10-12-17-4-2)13-14-8-6-5-7-9-14/h5-9,15-16H,3-4,10-13H2,1-2H3. The molecule has 96 valence electrons. The maximum atomic E-state index is 5.44. The van der Waals surface area contributed by atoms with Crippen molar-refractivity contribution in [3.8, 4) is 0 Å². The topological polar surface area (TPSA) is 21.3 Å². The highest BCUT2D eigenvalue weighted by atomic mass is 16.5. The van der Waals surface area contributed by atoms with Gasteiger partial charge in [-0.3, -0.25) is 0 Å². The maximum Gasteiger partial charge on any atom is 0.0480 e. The van der Waals surface area contributed by atoms with Crippen molar-refractivity contribution in [1.82, 2.24) is 5.32 Å². The number of hydrogen-bond acceptors (Lipinski definition) is 2. The van der Waals surface area contributed by atoms with Gasteiger partial charge in [0.05, 0.1) is 0 Å². The Kier molecular flexibility index (Phi) is 7.69. The van der Waals surface area contributed by atoms with Crippen LogP contribution in [0.1, 0.15) is 32.3 Å². The molecule has 0 amide bonds. The molecule has 1 rings (SSSR count). The molecular weight excluding hydrogens is 210 g/mol. The SMILES string of the molecule is CCCNC(CCOCC)Cc1ccccc1. The second kappa shape index (κ2) is 9.20. The summed E-state index contributed by atoms with van der Waals surface area (Å²) in [6, 6.07) is 11.2. The third-order valence-electron chi connectivity index (χ3n) is 2.82. The molecule has 1 aromatic rings. The van der Waals surface area contributed by atoms with E-state index in [4.69, 9.17) is 4.74 Å². The van der Waals surface area contributed by atoms with Gasteiger partial charge in [0.15, 0.2) is 0 Å². The van der Waals surface area contributed by atoms with Crippen molar-refractivity contribution < 1.29 is 4.74 Å². The smallest absolute Gasteiger partial charge is 0.0480 e. The van der Waals surface area contributed by atoms with Gasteiger partial charge in [-0.25, -0.2) is 0 Å². The fourth-order valence-corrected chi connectivity index (χ4v) is 1.89. The van der Waals surface area contributed by atoms with E-state index in [-0.39, 0.29) is 0 Å². The molecule has 0 saturated carbocycles. The molecule has 0 radical (unpaired) electrons. The van der Waals surface area contributed by atoms with E-state index in [2.05, 4.69) is 42.6 Å². The lowest BCUT2D eigenvalue weighted by Gasteiger charge is -2.18. The Morgan fingerprint density at radius 2 is 1.94 bits per heavy atom. The molecule has 0 aliphatic carbocycles. The van der Waals surface area contributed by atoms with Crippen LogP contribution in [0.25, 0.3) is 0 Å². The van der Waals surface area contributed by atoms with Gasteiger partial charge in [0.2, 0.25) is 0 Å². The lowest BCUT2D eigenvalue weighted by Crippen LogP contribution is -2.33. The van der Waals surface area contributed by atoms with Crippen molar-refractivity contribution in [3.05, 3.63) is 35.9 Å². The van der Waals surface area contributed by atoms with Crippen LogP contribution in [0, 0.1) is 0 Å². The van der Waals surface area contributed by atoms with E-state index in [9.17, 15) is 0 Å². The number of nitrogens with one attached hydrogen (secondary N) is 1. The number of ether oxygens (including phenoxy) is 1. The highest BCUT2D eigenvalue weighted by Crippen LogP contribution is 2.06. The van der Waals surface area contributed by atoms with Crippen molar-refractivity contribution in [3.63, 3.8) is 0 Å². The molecule has 0 bridgehead atoms. The summed E-state index contributed by atoms with van der Waals surface area (Å²) in [4.78, 5) is 0. The summed E-state index contributed by atoms with van der Waals surface area (Å²) < 4.78 is 5.44. The van der Waals surface area contributed by atoms with Crippen molar-refractivity contribution in [2.24, 2.45) is 0 Å². The zero-order chi connectivity index (χ0) is 12.3. The van der Waals surface area contributed by atoms with Crippen LogP contribution in [0.15, 0.2) is 30.3 Å². The van der Waals surface area contributed by atoms with Crippen molar-refractivity contribution >= 4 is 0 Å². The summed E-state index contributed by atoms with van der Waals surface area (Å²) in [6.07, 6.45) is 3.36. The Bertz CT molecular complexity index is 274. The van der Waals surface area contributed by atoms with Gasteiger partial charge in [0.1, 0.15) is 0 Å². The summed E-state index contributed by atoms with van der Waals surface area (Å²) in [5.41, 5.74) is 1.40. The normalized spacial score (nSPS) is 12.6. The first kappa shape index (κ1) is 14.2. The zero-order valence-electron chi connectivity index (χ0n) is 11.1. The Morgan fingerprint density at radius 3 is 2.59 bits per heavy atom. The molecule has 2 nitrogen and oxygen atoms in total. The zero-order valence-corrected chi connectivity index (χ0v) is 11.1. The molecule has 1 N–H and O–H groups in total. The van der Waals surface area contributed by atoms with Gasteiger partial charge in [0, 0.05) is 19.3 Å². The summed E-state index contributed by atoms with van der Waals surface area (Å²) in [6.45, 7) is 7.00. The van der Waals surface area contributed by atoms with Crippen LogP contribution in [0.4, 0.5) is 0 Å². The lowest BCUT2D eigenvalue weighted by atomic mass is 10.0. The second-order valence-electron chi connectivity index (χ2n) is 4.33. The lowest BCUT2D eigenvalue weighted by molar-refractivity contribution is 0.136. The van der Waals surface area contributed by atoms with E-state index < -0.39 is 0 Å². The van der Waals surface area contributed by atoms with Gasteiger partial charge >= 0.3 is 0 Å². The summed E-state index contributed by atoms with van der Waals surface area (Å²) in [5.74, 6) is 0. The van der Waals surface area contributed by atoms with Crippen LogP contribution in [0.2, 0.25) is 0 Å². The molecule has 2 heteroatoms. The van der Waals surface area contributed by atoms with E-state index in [0.717, 1.165) is 32.6 Å². The van der Waals surface area contributed by atoms with E-state index in [0.29, 0.717) is 6.04 Å². The van der Waals surface area contributed by atoms with Crippen LogP contribution in [0.5, 0.6) is 0 Å². The van der Waals surface area contributed by atoms with Crippen LogP contribution in [0.3, 0.4) is 0 Å². The number of hydrogen-bond donors (Lipinski definition) is 1. The average Bonchev–Trinajstić information content (AvgIpc) is 2.37. The highest BCUT2D eigenvalue weighted by Gasteiger charge is 2.08. The van der Waals surface area contributed by atoms with Crippen LogP contribution in [-0.4, -0.2) is 25.8 Å². The molecule has 0 aliphatic rings. The molecule has 0 aliphatic heterocycles. The maximum absolute atomic E-state index is 5.44. The fraction of sp³-hybridized carbons (Fsp3) is 0.600. The Balaban J connectivity index is 2.39. The molecule has 0 heterocycles. The predicted octanol–water partition coefficient (Wildman–Crippen LogP) is 3.02. The van der Waals surface area contributed by atoms with Crippen LogP contribution >= 0.6 is 0 Å². The minimum atomic E-state index is 0.531. The van der Waals surface area contributed by atoms with Gasteiger partial charge < -0.3 is 10.1 Å². The van der Waals surface area contributed by atoms with Gasteiger partial charge in [-0.2, -0.15) is 0 Å². The first-order valence-electron chi connectivity index (χ1n) is 6.71. The summed E-state index contributed by atoms with van der Waals surface area (Å²) in [7, 11) is 0. The third-order valence-corrected chi connectivity index (χ3v) is 2.82. The molecule has 0 saturated heterocycles. The molecule has 17 heavy (non-hydrogen) atoms.